The van der Waals surface area contributed by atoms with Crippen molar-refractivity contribution in [1.29, 1.82) is 0 Å². The molecule has 0 unspecified atom stereocenters. The second-order valence-electron chi connectivity index (χ2n) is 3.76. The number of rotatable bonds is 2. The average molecular weight is 255 g/mol. The van der Waals surface area contributed by atoms with Crippen molar-refractivity contribution in [3.05, 3.63) is 48.4 Å². The van der Waals surface area contributed by atoms with Gasteiger partial charge in [0.15, 0.2) is 9.84 Å². The fraction of sp³-hybridized carbons (Fsp3) is 0.0833. The molecule has 1 radical (unpaired) electrons. The minimum Gasteiger partial charge on any atom is -0.224 e. The Labute approximate surface area is 97.8 Å². The molecular formula is C12H9F2O2S. The van der Waals surface area contributed by atoms with Crippen molar-refractivity contribution < 1.29 is 17.2 Å². The third-order valence-electron chi connectivity index (χ3n) is 2.46. The van der Waals surface area contributed by atoms with Crippen LogP contribution in [0.15, 0.2) is 41.3 Å². The first-order valence-corrected chi connectivity index (χ1v) is 6.69. The maximum Gasteiger partial charge on any atom is 0.339 e. The molecule has 0 amide bonds. The Morgan fingerprint density at radius 2 is 1.59 bits per heavy atom. The molecule has 17 heavy (non-hydrogen) atoms. The minimum atomic E-state index is -3.27. The maximum absolute atomic E-state index is 12.4. The van der Waals surface area contributed by atoms with E-state index in [2.05, 4.69) is 0 Å². The Hall–Kier alpha value is -1.49. The van der Waals surface area contributed by atoms with Gasteiger partial charge in [-0.25, -0.2) is 8.42 Å². The molecule has 0 atom stereocenters. The van der Waals surface area contributed by atoms with E-state index in [-0.39, 0.29) is 10.5 Å². The Kier molecular flexibility index (Phi) is 2.87. The predicted molar refractivity (Wildman–Crippen MR) is 61.6 cm³/mol. The molecule has 0 fully saturated rings. The Morgan fingerprint density at radius 3 is 2.18 bits per heavy atom. The van der Waals surface area contributed by atoms with Crippen molar-refractivity contribution in [3.8, 4) is 0 Å². The standard InChI is InChI=1S/C12H9F2O2S/c1-17(15,16)11-5-4-8-6-10(12(13)14)3-2-9(8)7-11/h2-7H,1H3. The summed E-state index contributed by atoms with van der Waals surface area (Å²) in [5.74, 6) is 0. The first-order valence-electron chi connectivity index (χ1n) is 4.80. The summed E-state index contributed by atoms with van der Waals surface area (Å²) in [6.45, 7) is 0. The van der Waals surface area contributed by atoms with Gasteiger partial charge in [-0.1, -0.05) is 18.2 Å². The van der Waals surface area contributed by atoms with Gasteiger partial charge < -0.3 is 0 Å². The van der Waals surface area contributed by atoms with E-state index in [0.29, 0.717) is 10.8 Å². The van der Waals surface area contributed by atoms with Crippen molar-refractivity contribution in [2.75, 3.05) is 6.26 Å². The molecule has 0 aliphatic rings. The molecule has 0 saturated carbocycles. The highest BCUT2D eigenvalue weighted by atomic mass is 32.2. The first kappa shape index (κ1) is 12.0. The third kappa shape index (κ3) is 2.44. The first-order chi connectivity index (χ1) is 7.88. The topological polar surface area (TPSA) is 34.1 Å². The zero-order valence-electron chi connectivity index (χ0n) is 8.94. The highest BCUT2D eigenvalue weighted by molar-refractivity contribution is 7.90. The van der Waals surface area contributed by atoms with Gasteiger partial charge in [0, 0.05) is 11.8 Å². The van der Waals surface area contributed by atoms with Gasteiger partial charge in [0.05, 0.1) is 4.90 Å². The van der Waals surface area contributed by atoms with Gasteiger partial charge in [-0.2, -0.15) is 8.78 Å². The average Bonchev–Trinajstić information content (AvgIpc) is 2.26. The van der Waals surface area contributed by atoms with E-state index in [1.807, 2.05) is 0 Å². The molecule has 0 saturated heterocycles. The van der Waals surface area contributed by atoms with Crippen LogP contribution in [0, 0.1) is 6.43 Å². The molecule has 0 spiro atoms. The highest BCUT2D eigenvalue weighted by Crippen LogP contribution is 2.24. The van der Waals surface area contributed by atoms with Crippen molar-refractivity contribution in [2.45, 2.75) is 4.90 Å². The molecule has 0 bridgehead atoms. The van der Waals surface area contributed by atoms with E-state index in [9.17, 15) is 17.2 Å². The monoisotopic (exact) mass is 255 g/mol. The van der Waals surface area contributed by atoms with Gasteiger partial charge >= 0.3 is 6.43 Å². The molecule has 0 N–H and O–H groups in total. The summed E-state index contributed by atoms with van der Waals surface area (Å²) in [4.78, 5) is 0.183. The van der Waals surface area contributed by atoms with Crippen LogP contribution in [0.5, 0.6) is 0 Å². The normalized spacial score (nSPS) is 12.2. The number of hydrogen-bond acceptors (Lipinski definition) is 2. The van der Waals surface area contributed by atoms with Crippen molar-refractivity contribution >= 4 is 20.6 Å². The van der Waals surface area contributed by atoms with Crippen molar-refractivity contribution in [2.24, 2.45) is 0 Å². The SMILES string of the molecule is CS(=O)(=O)c1ccc2cc([C](F)F)ccc2c1. The van der Waals surface area contributed by atoms with Crippen LogP contribution in [0.3, 0.4) is 0 Å². The van der Waals surface area contributed by atoms with Crippen LogP contribution in [-0.2, 0) is 9.84 Å². The molecular weight excluding hydrogens is 246 g/mol. The summed E-state index contributed by atoms with van der Waals surface area (Å²) in [5.41, 5.74) is -0.149. The summed E-state index contributed by atoms with van der Waals surface area (Å²) in [6.07, 6.45) is -0.642. The second kappa shape index (κ2) is 4.07. The van der Waals surface area contributed by atoms with E-state index < -0.39 is 16.3 Å². The number of halogens is 2. The van der Waals surface area contributed by atoms with Crippen LogP contribution in [0.4, 0.5) is 8.78 Å². The van der Waals surface area contributed by atoms with E-state index in [1.165, 1.54) is 36.4 Å². The Balaban J connectivity index is 2.62. The molecule has 2 aromatic rings. The lowest BCUT2D eigenvalue weighted by Crippen LogP contribution is -1.96. The maximum atomic E-state index is 12.4. The van der Waals surface area contributed by atoms with Crippen molar-refractivity contribution in [1.82, 2.24) is 0 Å². The minimum absolute atomic E-state index is 0.149. The van der Waals surface area contributed by atoms with Gasteiger partial charge in [0.2, 0.25) is 0 Å². The zero-order valence-corrected chi connectivity index (χ0v) is 9.76. The summed E-state index contributed by atoms with van der Waals surface area (Å²) in [7, 11) is -3.27. The van der Waals surface area contributed by atoms with Crippen molar-refractivity contribution in [3.63, 3.8) is 0 Å². The Morgan fingerprint density at radius 1 is 1.00 bits per heavy atom. The fourth-order valence-corrected chi connectivity index (χ4v) is 2.23. The molecule has 0 heterocycles. The lowest BCUT2D eigenvalue weighted by molar-refractivity contribution is 0.325. The van der Waals surface area contributed by atoms with Crippen LogP contribution in [0.25, 0.3) is 10.8 Å². The summed E-state index contributed by atoms with van der Waals surface area (Å²) in [5, 5.41) is 1.21. The van der Waals surface area contributed by atoms with E-state index in [4.69, 9.17) is 0 Å². The quantitative estimate of drug-likeness (QED) is 0.826. The van der Waals surface area contributed by atoms with Gasteiger partial charge in [-0.15, -0.1) is 0 Å². The molecule has 0 aliphatic heterocycles. The summed E-state index contributed by atoms with van der Waals surface area (Å²) in [6, 6.07) is 8.50. The lowest BCUT2D eigenvalue weighted by Gasteiger charge is -2.04. The van der Waals surface area contributed by atoms with Crippen LogP contribution in [0.1, 0.15) is 5.56 Å². The molecule has 2 nitrogen and oxygen atoms in total. The molecule has 0 aliphatic carbocycles. The smallest absolute Gasteiger partial charge is 0.224 e. The molecule has 89 valence electrons. The lowest BCUT2D eigenvalue weighted by atomic mass is 10.1. The molecule has 2 rings (SSSR count). The van der Waals surface area contributed by atoms with Gasteiger partial charge in [-0.05, 0) is 29.0 Å². The second-order valence-corrected chi connectivity index (χ2v) is 5.77. The van der Waals surface area contributed by atoms with Crippen LogP contribution >= 0.6 is 0 Å². The fourth-order valence-electron chi connectivity index (χ4n) is 1.57. The van der Waals surface area contributed by atoms with E-state index in [0.717, 1.165) is 6.26 Å². The molecule has 5 heteroatoms. The number of hydrogen-bond donors (Lipinski definition) is 0. The largest absolute Gasteiger partial charge is 0.339 e. The molecule has 0 aromatic heterocycles. The number of sulfone groups is 1. The third-order valence-corrected chi connectivity index (χ3v) is 3.57. The molecule has 2 aromatic carbocycles. The van der Waals surface area contributed by atoms with E-state index >= 15 is 0 Å². The predicted octanol–water partition coefficient (Wildman–Crippen LogP) is 3.02. The van der Waals surface area contributed by atoms with Gasteiger partial charge in [0.1, 0.15) is 0 Å². The highest BCUT2D eigenvalue weighted by Gasteiger charge is 2.11. The van der Waals surface area contributed by atoms with Crippen LogP contribution in [0.2, 0.25) is 0 Å². The number of fused-ring (bicyclic) bond motifs is 1. The van der Waals surface area contributed by atoms with Gasteiger partial charge in [-0.3, -0.25) is 0 Å². The number of benzene rings is 2. The van der Waals surface area contributed by atoms with Crippen LogP contribution in [-0.4, -0.2) is 14.7 Å². The summed E-state index contributed by atoms with van der Waals surface area (Å²) < 4.78 is 47.4. The summed E-state index contributed by atoms with van der Waals surface area (Å²) >= 11 is 0. The van der Waals surface area contributed by atoms with Gasteiger partial charge in [0.25, 0.3) is 0 Å². The Bertz CT molecular complexity index is 663. The van der Waals surface area contributed by atoms with Crippen LogP contribution < -0.4 is 0 Å². The van der Waals surface area contributed by atoms with E-state index in [1.54, 1.807) is 0 Å². The zero-order chi connectivity index (χ0) is 12.6.